The summed E-state index contributed by atoms with van der Waals surface area (Å²) in [5.74, 6) is 1.78. The molecule has 6 heteroatoms. The third kappa shape index (κ3) is 5.54. The molecule has 0 N–H and O–H groups in total. The number of nitrogens with zero attached hydrogens (tertiary/aromatic N) is 4. The van der Waals surface area contributed by atoms with Gasteiger partial charge in [0, 0.05) is 64.0 Å². The number of thiophene rings is 1. The molecule has 0 aliphatic rings. The van der Waals surface area contributed by atoms with Gasteiger partial charge in [0.1, 0.15) is 11.2 Å². The molecule has 0 unspecified atom stereocenters. The molecule has 14 rings (SSSR count). The van der Waals surface area contributed by atoms with Gasteiger partial charge >= 0.3 is 0 Å². The summed E-state index contributed by atoms with van der Waals surface area (Å²) >= 11 is 1.86. The maximum Gasteiger partial charge on any atom is 0.164 e. The molecule has 0 spiro atoms. The number of furan rings is 1. The Morgan fingerprint density at radius 1 is 0.369 bits per heavy atom. The number of fused-ring (bicyclic) bond motifs is 12. The number of hydrogen-bond donors (Lipinski definition) is 0. The number of aromatic nitrogens is 4. The fourth-order valence-electron chi connectivity index (χ4n) is 10.1. The van der Waals surface area contributed by atoms with Crippen LogP contribution in [0.4, 0.5) is 0 Å². The highest BCUT2D eigenvalue weighted by Gasteiger charge is 2.23. The molecular weight excluding hydrogens is 813 g/mol. The number of benzene rings is 10. The van der Waals surface area contributed by atoms with Crippen LogP contribution in [-0.4, -0.2) is 19.5 Å². The maximum absolute atomic E-state index is 6.36. The molecule has 0 saturated carbocycles. The van der Waals surface area contributed by atoms with Crippen molar-refractivity contribution >= 4 is 96.8 Å². The second-order valence-electron chi connectivity index (χ2n) is 16.7. The van der Waals surface area contributed by atoms with Crippen molar-refractivity contribution in [1.82, 2.24) is 19.5 Å². The zero-order valence-corrected chi connectivity index (χ0v) is 35.6. The third-order valence-corrected chi connectivity index (χ3v) is 14.2. The van der Waals surface area contributed by atoms with Crippen LogP contribution in [0.5, 0.6) is 0 Å². The lowest BCUT2D eigenvalue weighted by atomic mass is 9.93. The largest absolute Gasteiger partial charge is 0.456 e. The van der Waals surface area contributed by atoms with Crippen LogP contribution in [0.25, 0.3) is 136 Å². The van der Waals surface area contributed by atoms with E-state index < -0.39 is 0 Å². The van der Waals surface area contributed by atoms with Crippen molar-refractivity contribution in [2.75, 3.05) is 0 Å². The molecule has 0 amide bonds. The quantitative estimate of drug-likeness (QED) is 0.173. The topological polar surface area (TPSA) is 56.7 Å². The van der Waals surface area contributed by atoms with Gasteiger partial charge in [0.2, 0.25) is 0 Å². The summed E-state index contributed by atoms with van der Waals surface area (Å²) in [6.45, 7) is 0. The molecule has 0 atom stereocenters. The van der Waals surface area contributed by atoms with E-state index in [1.54, 1.807) is 0 Å². The van der Waals surface area contributed by atoms with E-state index in [0.29, 0.717) is 17.5 Å². The zero-order chi connectivity index (χ0) is 42.6. The molecule has 0 aliphatic heterocycles. The summed E-state index contributed by atoms with van der Waals surface area (Å²) < 4.78 is 11.4. The highest BCUT2D eigenvalue weighted by molar-refractivity contribution is 7.26. The van der Waals surface area contributed by atoms with Crippen LogP contribution in [0, 0.1) is 0 Å². The van der Waals surface area contributed by atoms with Crippen LogP contribution >= 0.6 is 11.3 Å². The van der Waals surface area contributed by atoms with Crippen LogP contribution in [0.2, 0.25) is 0 Å². The minimum absolute atomic E-state index is 0.586. The van der Waals surface area contributed by atoms with Gasteiger partial charge in [-0.2, -0.15) is 0 Å². The fraction of sp³-hybridized carbons (Fsp3) is 0. The van der Waals surface area contributed by atoms with Crippen molar-refractivity contribution in [1.29, 1.82) is 0 Å². The molecule has 0 radical (unpaired) electrons. The predicted octanol–water partition coefficient (Wildman–Crippen LogP) is 16.2. The Hall–Kier alpha value is -8.45. The molecule has 4 aromatic heterocycles. The van der Waals surface area contributed by atoms with E-state index in [2.05, 4.69) is 162 Å². The molecule has 10 aromatic carbocycles. The van der Waals surface area contributed by atoms with Crippen molar-refractivity contribution in [3.63, 3.8) is 0 Å². The lowest BCUT2D eigenvalue weighted by molar-refractivity contribution is 0.669. The van der Waals surface area contributed by atoms with Gasteiger partial charge in [-0.1, -0.05) is 146 Å². The summed E-state index contributed by atoms with van der Waals surface area (Å²) in [6, 6.07) is 73.4. The zero-order valence-electron chi connectivity index (χ0n) is 34.7. The summed E-state index contributed by atoms with van der Waals surface area (Å²) in [5, 5.41) is 11.8. The monoisotopic (exact) mass is 846 g/mol. The van der Waals surface area contributed by atoms with Crippen molar-refractivity contribution in [2.45, 2.75) is 0 Å². The van der Waals surface area contributed by atoms with E-state index in [1.165, 1.54) is 52.5 Å². The van der Waals surface area contributed by atoms with Gasteiger partial charge in [0.15, 0.2) is 17.5 Å². The molecule has 0 aliphatic carbocycles. The predicted molar refractivity (Wildman–Crippen MR) is 271 cm³/mol. The summed E-state index contributed by atoms with van der Waals surface area (Å²) in [5.41, 5.74) is 9.94. The third-order valence-electron chi connectivity index (χ3n) is 13.0. The molecule has 65 heavy (non-hydrogen) atoms. The van der Waals surface area contributed by atoms with Crippen molar-refractivity contribution in [2.24, 2.45) is 0 Å². The van der Waals surface area contributed by atoms with E-state index in [0.717, 1.165) is 66.5 Å². The van der Waals surface area contributed by atoms with Crippen LogP contribution in [-0.2, 0) is 0 Å². The van der Waals surface area contributed by atoms with Gasteiger partial charge in [-0.25, -0.2) is 15.0 Å². The summed E-state index contributed by atoms with van der Waals surface area (Å²) in [6.07, 6.45) is 0. The van der Waals surface area contributed by atoms with Crippen molar-refractivity contribution in [3.8, 4) is 51.0 Å². The smallest absolute Gasteiger partial charge is 0.164 e. The molecule has 0 bridgehead atoms. The van der Waals surface area contributed by atoms with Crippen molar-refractivity contribution < 1.29 is 4.42 Å². The summed E-state index contributed by atoms with van der Waals surface area (Å²) in [4.78, 5) is 15.9. The second kappa shape index (κ2) is 14.0. The first-order valence-electron chi connectivity index (χ1n) is 21.8. The molecule has 302 valence electrons. The SMILES string of the molecule is c1ccc(-c2nc(-c3ccc(-n4c5ccccc5c5cc6ccccc6cc54)c(-c4cc5ccccc5c5sc6ccccc6c45)c3)nc(-c3cccc4oc5ccccc5c34)n2)cc1. The average Bonchev–Trinajstić information content (AvgIpc) is 4.05. The number of rotatable bonds is 5. The van der Waals surface area contributed by atoms with Crippen LogP contribution in [0.1, 0.15) is 0 Å². The van der Waals surface area contributed by atoms with Gasteiger partial charge in [-0.3, -0.25) is 0 Å². The fourth-order valence-corrected chi connectivity index (χ4v) is 11.3. The highest BCUT2D eigenvalue weighted by atomic mass is 32.1. The van der Waals surface area contributed by atoms with Gasteiger partial charge in [0.05, 0.1) is 16.7 Å². The number of para-hydroxylation sites is 2. The van der Waals surface area contributed by atoms with Crippen molar-refractivity contribution in [3.05, 3.63) is 206 Å². The van der Waals surface area contributed by atoms with Crippen LogP contribution in [0.3, 0.4) is 0 Å². The van der Waals surface area contributed by atoms with Gasteiger partial charge < -0.3 is 8.98 Å². The Balaban J connectivity index is 1.10. The first kappa shape index (κ1) is 36.1. The van der Waals surface area contributed by atoms with E-state index in [4.69, 9.17) is 19.4 Å². The lowest BCUT2D eigenvalue weighted by Crippen LogP contribution is -2.02. The molecule has 5 nitrogen and oxygen atoms in total. The van der Waals surface area contributed by atoms with Gasteiger partial charge in [0.25, 0.3) is 0 Å². The Morgan fingerprint density at radius 2 is 1.03 bits per heavy atom. The normalized spacial score (nSPS) is 12.0. The highest BCUT2D eigenvalue weighted by Crippen LogP contribution is 2.48. The van der Waals surface area contributed by atoms with Gasteiger partial charge in [-0.05, 0) is 87.8 Å². The lowest BCUT2D eigenvalue weighted by Gasteiger charge is -2.18. The summed E-state index contributed by atoms with van der Waals surface area (Å²) in [7, 11) is 0. The van der Waals surface area contributed by atoms with Crippen LogP contribution in [0.15, 0.2) is 211 Å². The Bertz CT molecular complexity index is 4260. The molecule has 0 saturated heterocycles. The average molecular weight is 847 g/mol. The van der Waals surface area contributed by atoms with E-state index in [9.17, 15) is 0 Å². The number of hydrogen-bond acceptors (Lipinski definition) is 5. The molecular formula is C59H34N4OS. The first-order chi connectivity index (χ1) is 32.2. The standard InChI is InChI=1S/C59H34N4OS/c1-2-15-35(16-3-1)57-60-58(62-59(61-57)44-24-14-27-52-54(44)42-22-9-12-26-51(42)64-52)39-29-30-49(63-48-25-11-8-21-41(48)45-31-36-17-4-5-18-37(36)34-50(45)63)46(33-39)47-32-38-19-6-7-20-40(38)56-55(47)43-23-10-13-28-53(43)65-56/h1-34H. The Kier molecular flexibility index (Phi) is 7.79. The minimum atomic E-state index is 0.586. The molecule has 4 heterocycles. The molecule has 14 aromatic rings. The van der Waals surface area contributed by atoms with E-state index >= 15 is 0 Å². The van der Waals surface area contributed by atoms with Gasteiger partial charge in [-0.15, -0.1) is 11.3 Å². The minimum Gasteiger partial charge on any atom is -0.456 e. The maximum atomic E-state index is 6.36. The van der Waals surface area contributed by atoms with Crippen LogP contribution < -0.4 is 0 Å². The van der Waals surface area contributed by atoms with E-state index in [-0.39, 0.29) is 0 Å². The van der Waals surface area contributed by atoms with E-state index in [1.807, 2.05) is 59.9 Å². The Morgan fingerprint density at radius 3 is 1.89 bits per heavy atom. The Labute approximate surface area is 376 Å². The second-order valence-corrected chi connectivity index (χ2v) is 17.7. The first-order valence-corrected chi connectivity index (χ1v) is 22.7. The molecule has 0 fully saturated rings.